The first-order chi connectivity index (χ1) is 10.8. The van der Waals surface area contributed by atoms with E-state index in [-0.39, 0.29) is 5.91 Å². The predicted octanol–water partition coefficient (Wildman–Crippen LogP) is 2.97. The van der Waals surface area contributed by atoms with Crippen molar-refractivity contribution in [1.82, 2.24) is 4.90 Å². The van der Waals surface area contributed by atoms with Gasteiger partial charge in [-0.05, 0) is 25.1 Å². The first-order valence-electron chi connectivity index (χ1n) is 7.27. The standard InChI is InChI=1S/C17H21NO4/c1-3-22-16-7-5-4-6-15(16)17(19)18(9-11-20-2)12-14-8-10-21-13-14/h4-8,10,13H,3,9,11-12H2,1-2H3. The van der Waals surface area contributed by atoms with Crippen molar-refractivity contribution in [2.45, 2.75) is 13.5 Å². The highest BCUT2D eigenvalue weighted by molar-refractivity contribution is 5.96. The van der Waals surface area contributed by atoms with Crippen molar-refractivity contribution in [3.8, 4) is 5.75 Å². The minimum Gasteiger partial charge on any atom is -0.493 e. The number of methoxy groups -OCH3 is 1. The Balaban J connectivity index is 2.20. The monoisotopic (exact) mass is 303 g/mol. The van der Waals surface area contributed by atoms with Gasteiger partial charge in [0.1, 0.15) is 5.75 Å². The third-order valence-electron chi connectivity index (χ3n) is 3.22. The van der Waals surface area contributed by atoms with Crippen LogP contribution in [0.15, 0.2) is 47.3 Å². The van der Waals surface area contributed by atoms with Gasteiger partial charge in [0.25, 0.3) is 5.91 Å². The maximum atomic E-state index is 12.8. The second-order valence-electron chi connectivity index (χ2n) is 4.78. The minimum absolute atomic E-state index is 0.0812. The van der Waals surface area contributed by atoms with E-state index in [4.69, 9.17) is 13.9 Å². The average molecular weight is 303 g/mol. The van der Waals surface area contributed by atoms with Gasteiger partial charge < -0.3 is 18.8 Å². The molecule has 0 saturated heterocycles. The van der Waals surface area contributed by atoms with Crippen molar-refractivity contribution < 1.29 is 18.7 Å². The molecule has 0 unspecified atom stereocenters. The van der Waals surface area contributed by atoms with Crippen molar-refractivity contribution in [2.75, 3.05) is 26.9 Å². The van der Waals surface area contributed by atoms with Gasteiger partial charge in [0, 0.05) is 25.8 Å². The van der Waals surface area contributed by atoms with E-state index in [1.165, 1.54) is 0 Å². The lowest BCUT2D eigenvalue weighted by Crippen LogP contribution is -2.33. The SMILES string of the molecule is CCOc1ccccc1C(=O)N(CCOC)Cc1ccoc1. The molecule has 0 spiro atoms. The molecule has 0 saturated carbocycles. The number of furan rings is 1. The van der Waals surface area contributed by atoms with E-state index < -0.39 is 0 Å². The van der Waals surface area contributed by atoms with Crippen LogP contribution in [0.5, 0.6) is 5.75 Å². The molecule has 1 amide bonds. The Morgan fingerprint density at radius 1 is 1.27 bits per heavy atom. The van der Waals surface area contributed by atoms with Gasteiger partial charge in [-0.25, -0.2) is 0 Å². The summed E-state index contributed by atoms with van der Waals surface area (Å²) in [5.41, 5.74) is 1.50. The Morgan fingerprint density at radius 3 is 2.77 bits per heavy atom. The van der Waals surface area contributed by atoms with Gasteiger partial charge in [0.15, 0.2) is 0 Å². The molecule has 0 atom stereocenters. The summed E-state index contributed by atoms with van der Waals surface area (Å²) < 4.78 is 15.7. The van der Waals surface area contributed by atoms with Gasteiger partial charge in [0.2, 0.25) is 0 Å². The van der Waals surface area contributed by atoms with Crippen LogP contribution in [0, 0.1) is 0 Å². The molecule has 118 valence electrons. The van der Waals surface area contributed by atoms with Gasteiger partial charge >= 0.3 is 0 Å². The fraction of sp³-hybridized carbons (Fsp3) is 0.353. The molecule has 0 bridgehead atoms. The van der Waals surface area contributed by atoms with Crippen molar-refractivity contribution in [2.24, 2.45) is 0 Å². The van der Waals surface area contributed by atoms with Gasteiger partial charge in [-0.3, -0.25) is 4.79 Å². The summed E-state index contributed by atoms with van der Waals surface area (Å²) in [5, 5.41) is 0. The average Bonchev–Trinajstić information content (AvgIpc) is 3.05. The molecule has 1 heterocycles. The third-order valence-corrected chi connectivity index (χ3v) is 3.22. The van der Waals surface area contributed by atoms with Crippen LogP contribution in [-0.4, -0.2) is 37.7 Å². The maximum absolute atomic E-state index is 12.8. The fourth-order valence-electron chi connectivity index (χ4n) is 2.15. The highest BCUT2D eigenvalue weighted by Gasteiger charge is 2.20. The number of amides is 1. The number of hydrogen-bond donors (Lipinski definition) is 0. The summed E-state index contributed by atoms with van der Waals surface area (Å²) >= 11 is 0. The summed E-state index contributed by atoms with van der Waals surface area (Å²) in [6.07, 6.45) is 3.24. The minimum atomic E-state index is -0.0812. The molecule has 0 aliphatic heterocycles. The van der Waals surface area contributed by atoms with Crippen LogP contribution in [0.1, 0.15) is 22.8 Å². The lowest BCUT2D eigenvalue weighted by molar-refractivity contribution is 0.0676. The number of hydrogen-bond acceptors (Lipinski definition) is 4. The molecular weight excluding hydrogens is 282 g/mol. The van der Waals surface area contributed by atoms with Crippen molar-refractivity contribution in [3.63, 3.8) is 0 Å². The molecule has 0 fully saturated rings. The normalized spacial score (nSPS) is 10.5. The lowest BCUT2D eigenvalue weighted by atomic mass is 10.1. The Morgan fingerprint density at radius 2 is 2.09 bits per heavy atom. The van der Waals surface area contributed by atoms with Crippen LogP contribution in [0.25, 0.3) is 0 Å². The summed E-state index contributed by atoms with van der Waals surface area (Å²) in [6.45, 7) is 3.86. The van der Waals surface area contributed by atoms with E-state index in [1.54, 1.807) is 30.6 Å². The topological polar surface area (TPSA) is 51.9 Å². The molecule has 0 N–H and O–H groups in total. The maximum Gasteiger partial charge on any atom is 0.257 e. The molecule has 2 rings (SSSR count). The van der Waals surface area contributed by atoms with E-state index in [0.717, 1.165) is 5.56 Å². The van der Waals surface area contributed by atoms with Crippen LogP contribution >= 0.6 is 0 Å². The van der Waals surface area contributed by atoms with Gasteiger partial charge in [-0.15, -0.1) is 0 Å². The van der Waals surface area contributed by atoms with E-state index in [0.29, 0.717) is 37.6 Å². The zero-order chi connectivity index (χ0) is 15.8. The van der Waals surface area contributed by atoms with Crippen molar-refractivity contribution >= 4 is 5.91 Å². The molecule has 5 nitrogen and oxygen atoms in total. The van der Waals surface area contributed by atoms with Crippen molar-refractivity contribution in [1.29, 1.82) is 0 Å². The molecule has 0 aliphatic rings. The zero-order valence-corrected chi connectivity index (χ0v) is 13.0. The van der Waals surface area contributed by atoms with Crippen LogP contribution in [0.2, 0.25) is 0 Å². The lowest BCUT2D eigenvalue weighted by Gasteiger charge is -2.23. The Hall–Kier alpha value is -2.27. The number of nitrogens with zero attached hydrogens (tertiary/aromatic N) is 1. The van der Waals surface area contributed by atoms with Crippen molar-refractivity contribution in [3.05, 3.63) is 54.0 Å². The van der Waals surface area contributed by atoms with E-state index in [2.05, 4.69) is 0 Å². The Labute approximate surface area is 130 Å². The largest absolute Gasteiger partial charge is 0.493 e. The summed E-state index contributed by atoms with van der Waals surface area (Å²) in [7, 11) is 1.62. The third kappa shape index (κ3) is 4.11. The van der Waals surface area contributed by atoms with Gasteiger partial charge in [0.05, 0.1) is 31.3 Å². The molecule has 22 heavy (non-hydrogen) atoms. The van der Waals surface area contributed by atoms with Crippen LogP contribution in [-0.2, 0) is 11.3 Å². The number of carbonyl (C=O) groups excluding carboxylic acids is 1. The predicted molar refractivity (Wildman–Crippen MR) is 82.9 cm³/mol. The summed E-state index contributed by atoms with van der Waals surface area (Å²) in [6, 6.07) is 9.13. The fourth-order valence-corrected chi connectivity index (χ4v) is 2.15. The molecule has 1 aromatic carbocycles. The molecule has 5 heteroatoms. The molecule has 0 aliphatic carbocycles. The Bertz CT molecular complexity index is 580. The second kappa shape index (κ2) is 8.24. The molecular formula is C17H21NO4. The van der Waals surface area contributed by atoms with E-state index >= 15 is 0 Å². The highest BCUT2D eigenvalue weighted by Crippen LogP contribution is 2.21. The summed E-state index contributed by atoms with van der Waals surface area (Å²) in [4.78, 5) is 14.6. The number of carbonyl (C=O) groups is 1. The van der Waals surface area contributed by atoms with Gasteiger partial charge in [-0.1, -0.05) is 12.1 Å². The molecule has 0 radical (unpaired) electrons. The number of ether oxygens (including phenoxy) is 2. The first kappa shape index (κ1) is 16.1. The van der Waals surface area contributed by atoms with E-state index in [9.17, 15) is 4.79 Å². The first-order valence-corrected chi connectivity index (χ1v) is 7.27. The van der Waals surface area contributed by atoms with E-state index in [1.807, 2.05) is 31.2 Å². The molecule has 1 aromatic heterocycles. The quantitative estimate of drug-likeness (QED) is 0.752. The molecule has 2 aromatic rings. The number of para-hydroxylation sites is 1. The van der Waals surface area contributed by atoms with Gasteiger partial charge in [-0.2, -0.15) is 0 Å². The summed E-state index contributed by atoms with van der Waals surface area (Å²) in [5.74, 6) is 0.520. The number of rotatable bonds is 8. The van der Waals surface area contributed by atoms with Crippen LogP contribution < -0.4 is 4.74 Å². The van der Waals surface area contributed by atoms with Crippen LogP contribution in [0.3, 0.4) is 0 Å². The smallest absolute Gasteiger partial charge is 0.257 e. The second-order valence-corrected chi connectivity index (χ2v) is 4.78. The van der Waals surface area contributed by atoms with Crippen LogP contribution in [0.4, 0.5) is 0 Å². The number of benzene rings is 1. The zero-order valence-electron chi connectivity index (χ0n) is 13.0. The highest BCUT2D eigenvalue weighted by atomic mass is 16.5. The Kier molecular flexibility index (Phi) is 6.03.